The van der Waals surface area contributed by atoms with Gasteiger partial charge >= 0.3 is 0 Å². The van der Waals surface area contributed by atoms with Crippen molar-refractivity contribution in [2.75, 3.05) is 0 Å². The quantitative estimate of drug-likeness (QED) is 0.511. The molecule has 0 fully saturated rings. The molecule has 0 aliphatic carbocycles. The normalized spacial score (nSPS) is 12.9. The summed E-state index contributed by atoms with van der Waals surface area (Å²) in [4.78, 5) is 8.63. The van der Waals surface area contributed by atoms with Gasteiger partial charge in [-0.3, -0.25) is 14.7 Å². The number of aromatic nitrogens is 4. The number of nitrogens with zero attached hydrogens (tertiary/aromatic N) is 5. The maximum absolute atomic E-state index is 4.68. The monoisotopic (exact) mass is 381 g/mol. The van der Waals surface area contributed by atoms with Crippen LogP contribution in [0.25, 0.3) is 16.3 Å². The van der Waals surface area contributed by atoms with Gasteiger partial charge in [0, 0.05) is 11.6 Å². The van der Waals surface area contributed by atoms with Gasteiger partial charge in [0.2, 0.25) is 0 Å². The van der Waals surface area contributed by atoms with Gasteiger partial charge in [0.1, 0.15) is 16.9 Å². The topological polar surface area (TPSA) is 56.0 Å². The van der Waals surface area contributed by atoms with Crippen LogP contribution in [0.4, 0.5) is 5.69 Å². The molecular formula is C21H27N5S. The van der Waals surface area contributed by atoms with Crippen LogP contribution in [0.3, 0.4) is 0 Å². The van der Waals surface area contributed by atoms with Gasteiger partial charge in [-0.1, -0.05) is 19.9 Å². The molecule has 0 bridgehead atoms. The minimum absolute atomic E-state index is 0.0404. The fraction of sp³-hybridized carbons (Fsp3) is 0.429. The lowest BCUT2D eigenvalue weighted by Crippen LogP contribution is -2.22. The lowest BCUT2D eigenvalue weighted by Gasteiger charge is -2.21. The van der Waals surface area contributed by atoms with Crippen molar-refractivity contribution in [1.29, 1.82) is 0 Å². The molecule has 0 spiro atoms. The Labute approximate surface area is 165 Å². The van der Waals surface area contributed by atoms with Gasteiger partial charge < -0.3 is 0 Å². The molecule has 0 saturated heterocycles. The van der Waals surface area contributed by atoms with E-state index in [0.717, 1.165) is 40.1 Å². The van der Waals surface area contributed by atoms with E-state index in [1.807, 2.05) is 29.2 Å². The molecular weight excluding hydrogens is 354 g/mol. The summed E-state index contributed by atoms with van der Waals surface area (Å²) in [6, 6.07) is 4.04. The lowest BCUT2D eigenvalue weighted by atomic mass is 9.83. The van der Waals surface area contributed by atoms with Crippen LogP contribution in [0.5, 0.6) is 0 Å². The Morgan fingerprint density at radius 1 is 1.26 bits per heavy atom. The molecule has 0 aliphatic rings. The first kappa shape index (κ1) is 19.4. The Bertz CT molecular complexity index is 972. The molecule has 3 aromatic rings. The number of hydrogen-bond donors (Lipinski definition) is 0. The van der Waals surface area contributed by atoms with E-state index in [2.05, 4.69) is 72.9 Å². The van der Waals surface area contributed by atoms with Crippen molar-refractivity contribution < 1.29 is 0 Å². The van der Waals surface area contributed by atoms with E-state index in [1.54, 1.807) is 0 Å². The summed E-state index contributed by atoms with van der Waals surface area (Å²) in [6.45, 7) is 14.5. The van der Waals surface area contributed by atoms with Gasteiger partial charge in [-0.05, 0) is 70.1 Å². The maximum Gasteiger partial charge on any atom is 0.110 e. The van der Waals surface area contributed by atoms with Crippen molar-refractivity contribution in [3.05, 3.63) is 42.0 Å². The minimum atomic E-state index is -0.0772. The van der Waals surface area contributed by atoms with Crippen LogP contribution in [0.1, 0.15) is 58.8 Å². The van der Waals surface area contributed by atoms with Crippen LogP contribution in [0, 0.1) is 0 Å². The van der Waals surface area contributed by atoms with Crippen LogP contribution in [-0.2, 0) is 11.0 Å². The molecule has 3 heterocycles. The van der Waals surface area contributed by atoms with Crippen molar-refractivity contribution in [3.63, 3.8) is 0 Å². The summed E-state index contributed by atoms with van der Waals surface area (Å²) in [5.41, 5.74) is 3.67. The molecule has 0 amide bonds. The molecule has 5 nitrogen and oxygen atoms in total. The molecule has 0 saturated carbocycles. The van der Waals surface area contributed by atoms with Gasteiger partial charge in [0.15, 0.2) is 0 Å². The number of pyridine rings is 1. The average Bonchev–Trinajstić information content (AvgIpc) is 3.22. The molecule has 6 heteroatoms. The Morgan fingerprint density at radius 3 is 2.74 bits per heavy atom. The highest BCUT2D eigenvalue weighted by molar-refractivity contribution is 7.13. The molecule has 0 N–H and O–H groups in total. The van der Waals surface area contributed by atoms with Crippen molar-refractivity contribution in [2.24, 2.45) is 4.99 Å². The van der Waals surface area contributed by atoms with Crippen LogP contribution >= 0.6 is 11.5 Å². The summed E-state index contributed by atoms with van der Waals surface area (Å²) >= 11 is 1.52. The average molecular weight is 382 g/mol. The number of fused-ring (bicyclic) bond motifs is 1. The predicted octanol–water partition coefficient (Wildman–Crippen LogP) is 5.75. The number of rotatable bonds is 6. The van der Waals surface area contributed by atoms with Gasteiger partial charge in [0.05, 0.1) is 22.1 Å². The second kappa shape index (κ2) is 7.35. The molecule has 0 atom stereocenters. The second-order valence-corrected chi connectivity index (χ2v) is 9.18. The van der Waals surface area contributed by atoms with Crippen LogP contribution < -0.4 is 0 Å². The highest BCUT2D eigenvalue weighted by Crippen LogP contribution is 2.34. The Morgan fingerprint density at radius 2 is 2.04 bits per heavy atom. The number of aliphatic imine (C=N–C) groups is 1. The van der Waals surface area contributed by atoms with E-state index < -0.39 is 0 Å². The summed E-state index contributed by atoms with van der Waals surface area (Å²) in [6.07, 6.45) is 9.90. The smallest absolute Gasteiger partial charge is 0.110 e. The molecule has 3 rings (SSSR count). The molecule has 3 aromatic heterocycles. The van der Waals surface area contributed by atoms with Gasteiger partial charge in [0.25, 0.3) is 0 Å². The number of allylic oxidation sites excluding steroid dienone is 1. The lowest BCUT2D eigenvalue weighted by molar-refractivity contribution is 0.355. The van der Waals surface area contributed by atoms with E-state index in [4.69, 9.17) is 0 Å². The Kier molecular flexibility index (Phi) is 5.29. The largest absolute Gasteiger partial charge is 0.265 e. The first-order valence-corrected chi connectivity index (χ1v) is 9.94. The second-order valence-electron chi connectivity index (χ2n) is 8.38. The molecule has 0 radical (unpaired) electrons. The zero-order valence-electron chi connectivity index (χ0n) is 16.7. The zero-order valence-corrected chi connectivity index (χ0v) is 17.5. The minimum Gasteiger partial charge on any atom is -0.265 e. The zero-order chi connectivity index (χ0) is 19.7. The van der Waals surface area contributed by atoms with Crippen molar-refractivity contribution in [3.8, 4) is 0 Å². The first-order chi connectivity index (χ1) is 12.7. The number of hydrogen-bond acceptors (Lipinski definition) is 5. The van der Waals surface area contributed by atoms with E-state index in [9.17, 15) is 0 Å². The van der Waals surface area contributed by atoms with Crippen molar-refractivity contribution >= 4 is 40.2 Å². The Hall–Kier alpha value is -2.34. The van der Waals surface area contributed by atoms with E-state index in [-0.39, 0.29) is 11.0 Å². The maximum atomic E-state index is 4.68. The molecule has 0 unspecified atom stereocenters. The molecule has 0 aromatic carbocycles. The van der Waals surface area contributed by atoms with Gasteiger partial charge in [-0.25, -0.2) is 0 Å². The molecule has 0 aliphatic heterocycles. The van der Waals surface area contributed by atoms with Crippen LogP contribution in [-0.4, -0.2) is 25.9 Å². The SMILES string of the molecule is C=Nc1cn(C(C)(C)C)nc1/C=C\CCC(C)(C)c1nsc2cccnc12. The third-order valence-electron chi connectivity index (χ3n) is 4.66. The highest BCUT2D eigenvalue weighted by Gasteiger charge is 2.26. The third-order valence-corrected chi connectivity index (χ3v) is 5.46. The van der Waals surface area contributed by atoms with Gasteiger partial charge in [-0.2, -0.15) is 9.47 Å². The fourth-order valence-electron chi connectivity index (χ4n) is 2.94. The highest BCUT2D eigenvalue weighted by atomic mass is 32.1. The van der Waals surface area contributed by atoms with E-state index in [0.29, 0.717) is 0 Å². The van der Waals surface area contributed by atoms with Gasteiger partial charge in [-0.15, -0.1) is 0 Å². The van der Waals surface area contributed by atoms with Crippen LogP contribution in [0.15, 0.2) is 35.6 Å². The molecule has 27 heavy (non-hydrogen) atoms. The molecule has 142 valence electrons. The van der Waals surface area contributed by atoms with Crippen molar-refractivity contribution in [2.45, 2.75) is 58.4 Å². The summed E-state index contributed by atoms with van der Waals surface area (Å²) < 4.78 is 7.76. The van der Waals surface area contributed by atoms with E-state index in [1.165, 1.54) is 11.5 Å². The summed E-state index contributed by atoms with van der Waals surface area (Å²) in [5, 5.41) is 4.65. The summed E-state index contributed by atoms with van der Waals surface area (Å²) in [7, 11) is 0. The van der Waals surface area contributed by atoms with Crippen LogP contribution in [0.2, 0.25) is 0 Å². The van der Waals surface area contributed by atoms with Crippen molar-refractivity contribution in [1.82, 2.24) is 19.1 Å². The summed E-state index contributed by atoms with van der Waals surface area (Å²) in [5.74, 6) is 0. The first-order valence-electron chi connectivity index (χ1n) is 9.17. The Balaban J connectivity index is 1.72. The van der Waals surface area contributed by atoms with E-state index >= 15 is 0 Å². The standard InChI is InChI=1S/C21H27N5S/c1-20(2,3)26-14-16(22-6)15(24-26)10-7-8-12-21(4,5)19-18-17(27-25-19)11-9-13-23-18/h7,9-11,13-14H,6,8,12H2,1-5H3/b10-7-. The fourth-order valence-corrected chi connectivity index (χ4v) is 3.84. The predicted molar refractivity (Wildman–Crippen MR) is 115 cm³/mol. The third kappa shape index (κ3) is 4.16.